The van der Waals surface area contributed by atoms with Gasteiger partial charge < -0.3 is 5.73 Å². The number of nitrogen functional groups attached to an aromatic ring is 1. The Hall–Kier alpha value is -2.49. The smallest absolute Gasteiger partial charge is 0.162 e. The molecule has 0 atom stereocenters. The van der Waals surface area contributed by atoms with Crippen molar-refractivity contribution in [3.05, 3.63) is 54.3 Å². The maximum Gasteiger partial charge on any atom is 0.162 e. The summed E-state index contributed by atoms with van der Waals surface area (Å²) in [5.74, 6) is 0.496. The van der Waals surface area contributed by atoms with Crippen LogP contribution in [0.25, 0.3) is 22.3 Å². The molecule has 88 valence electrons. The predicted octanol–water partition coefficient (Wildman–Crippen LogP) is 3.02. The van der Waals surface area contributed by atoms with Gasteiger partial charge in [-0.1, -0.05) is 30.3 Å². The van der Waals surface area contributed by atoms with Crippen LogP contribution in [0.4, 0.5) is 10.2 Å². The molecule has 0 radical (unpaired) electrons. The number of nitrogens with zero attached hydrogens (tertiary/aromatic N) is 2. The Morgan fingerprint density at radius 3 is 2.50 bits per heavy atom. The van der Waals surface area contributed by atoms with Gasteiger partial charge in [0.15, 0.2) is 5.82 Å². The van der Waals surface area contributed by atoms with Gasteiger partial charge in [0.1, 0.15) is 11.6 Å². The molecule has 3 rings (SSSR count). The standard InChI is InChI=1S/C14H10FN3/c15-10-6-7-12-11(8-10)13(16)18-14(17-12)9-4-2-1-3-5-9/h1-8H,(H2,16,17,18). The fraction of sp³-hybridized carbons (Fsp3) is 0. The van der Waals surface area contributed by atoms with Crippen LogP contribution in [-0.4, -0.2) is 9.97 Å². The van der Waals surface area contributed by atoms with Gasteiger partial charge in [-0.25, -0.2) is 14.4 Å². The molecule has 0 unspecified atom stereocenters. The van der Waals surface area contributed by atoms with Crippen LogP contribution in [0.1, 0.15) is 0 Å². The summed E-state index contributed by atoms with van der Waals surface area (Å²) in [6, 6.07) is 13.9. The highest BCUT2D eigenvalue weighted by atomic mass is 19.1. The highest BCUT2D eigenvalue weighted by molar-refractivity contribution is 5.89. The van der Waals surface area contributed by atoms with Crippen molar-refractivity contribution >= 4 is 16.7 Å². The normalized spacial score (nSPS) is 10.7. The van der Waals surface area contributed by atoms with Gasteiger partial charge in [0, 0.05) is 10.9 Å². The van der Waals surface area contributed by atoms with Crippen molar-refractivity contribution in [2.45, 2.75) is 0 Å². The van der Waals surface area contributed by atoms with Gasteiger partial charge in [0.05, 0.1) is 5.52 Å². The highest BCUT2D eigenvalue weighted by Gasteiger charge is 2.07. The van der Waals surface area contributed by atoms with Crippen molar-refractivity contribution in [2.24, 2.45) is 0 Å². The van der Waals surface area contributed by atoms with Crippen LogP contribution in [-0.2, 0) is 0 Å². The van der Waals surface area contributed by atoms with E-state index in [0.29, 0.717) is 22.5 Å². The number of hydrogen-bond donors (Lipinski definition) is 1. The number of anilines is 1. The fourth-order valence-electron chi connectivity index (χ4n) is 1.84. The fourth-order valence-corrected chi connectivity index (χ4v) is 1.84. The molecule has 0 amide bonds. The van der Waals surface area contributed by atoms with E-state index in [2.05, 4.69) is 9.97 Å². The van der Waals surface area contributed by atoms with Crippen LogP contribution < -0.4 is 5.73 Å². The van der Waals surface area contributed by atoms with Crippen LogP contribution in [0.5, 0.6) is 0 Å². The second-order valence-electron chi connectivity index (χ2n) is 3.96. The number of fused-ring (bicyclic) bond motifs is 1. The first-order valence-corrected chi connectivity index (χ1v) is 5.52. The van der Waals surface area contributed by atoms with Crippen molar-refractivity contribution in [1.82, 2.24) is 9.97 Å². The van der Waals surface area contributed by atoms with E-state index in [1.165, 1.54) is 12.1 Å². The Balaban J connectivity index is 2.25. The SMILES string of the molecule is Nc1nc(-c2ccccc2)nc2ccc(F)cc12. The molecule has 0 saturated carbocycles. The topological polar surface area (TPSA) is 51.8 Å². The van der Waals surface area contributed by atoms with Crippen LogP contribution in [0.3, 0.4) is 0 Å². The van der Waals surface area contributed by atoms with Crippen LogP contribution in [0.15, 0.2) is 48.5 Å². The molecule has 0 aliphatic heterocycles. The summed E-state index contributed by atoms with van der Waals surface area (Å²) >= 11 is 0. The third-order valence-electron chi connectivity index (χ3n) is 2.72. The summed E-state index contributed by atoms with van der Waals surface area (Å²) in [5.41, 5.74) is 7.37. The van der Waals surface area contributed by atoms with E-state index in [1.807, 2.05) is 30.3 Å². The monoisotopic (exact) mass is 239 g/mol. The van der Waals surface area contributed by atoms with E-state index in [-0.39, 0.29) is 5.82 Å². The first kappa shape index (κ1) is 10.7. The molecule has 0 saturated heterocycles. The van der Waals surface area contributed by atoms with E-state index in [9.17, 15) is 4.39 Å². The Kier molecular flexibility index (Phi) is 2.41. The van der Waals surface area contributed by atoms with Crippen LogP contribution in [0, 0.1) is 5.82 Å². The molecule has 0 aliphatic carbocycles. The second kappa shape index (κ2) is 4.07. The third-order valence-corrected chi connectivity index (χ3v) is 2.72. The van der Waals surface area contributed by atoms with E-state index < -0.39 is 0 Å². The zero-order valence-corrected chi connectivity index (χ0v) is 9.47. The summed E-state index contributed by atoms with van der Waals surface area (Å²) in [6.45, 7) is 0. The molecule has 0 aliphatic rings. The van der Waals surface area contributed by atoms with Gasteiger partial charge in [-0.3, -0.25) is 0 Å². The summed E-state index contributed by atoms with van der Waals surface area (Å²) in [7, 11) is 0. The van der Waals surface area contributed by atoms with Gasteiger partial charge in [-0.05, 0) is 18.2 Å². The zero-order valence-electron chi connectivity index (χ0n) is 9.47. The number of hydrogen-bond acceptors (Lipinski definition) is 3. The van der Waals surface area contributed by atoms with E-state index in [0.717, 1.165) is 5.56 Å². The lowest BCUT2D eigenvalue weighted by molar-refractivity contribution is 0.629. The average Bonchev–Trinajstić information content (AvgIpc) is 2.40. The van der Waals surface area contributed by atoms with Gasteiger partial charge in [-0.2, -0.15) is 0 Å². The lowest BCUT2D eigenvalue weighted by atomic mass is 10.2. The number of rotatable bonds is 1. The summed E-state index contributed by atoms with van der Waals surface area (Å²) in [5, 5.41) is 0.537. The van der Waals surface area contributed by atoms with Gasteiger partial charge >= 0.3 is 0 Å². The van der Waals surface area contributed by atoms with Crippen LogP contribution >= 0.6 is 0 Å². The highest BCUT2D eigenvalue weighted by Crippen LogP contribution is 2.23. The lowest BCUT2D eigenvalue weighted by Gasteiger charge is -2.05. The maximum absolute atomic E-state index is 13.1. The largest absolute Gasteiger partial charge is 0.383 e. The minimum absolute atomic E-state index is 0.290. The van der Waals surface area contributed by atoms with Crippen molar-refractivity contribution in [3.63, 3.8) is 0 Å². The third kappa shape index (κ3) is 1.78. The molecule has 1 aromatic heterocycles. The summed E-state index contributed by atoms with van der Waals surface area (Å²) in [4.78, 5) is 8.60. The molecule has 0 fully saturated rings. The molecule has 18 heavy (non-hydrogen) atoms. The molecule has 0 bridgehead atoms. The molecule has 2 aromatic carbocycles. The lowest BCUT2D eigenvalue weighted by Crippen LogP contribution is -1.98. The molecule has 2 N–H and O–H groups in total. The molecule has 1 heterocycles. The van der Waals surface area contributed by atoms with Gasteiger partial charge in [-0.15, -0.1) is 0 Å². The van der Waals surface area contributed by atoms with Gasteiger partial charge in [0.25, 0.3) is 0 Å². The maximum atomic E-state index is 13.1. The predicted molar refractivity (Wildman–Crippen MR) is 69.3 cm³/mol. The number of halogens is 1. The number of aromatic nitrogens is 2. The molecule has 4 heteroatoms. The summed E-state index contributed by atoms with van der Waals surface area (Å²) < 4.78 is 13.1. The van der Waals surface area contributed by atoms with E-state index in [4.69, 9.17) is 5.73 Å². The Morgan fingerprint density at radius 2 is 1.72 bits per heavy atom. The quantitative estimate of drug-likeness (QED) is 0.710. The number of nitrogens with two attached hydrogens (primary N) is 1. The van der Waals surface area contributed by atoms with Crippen molar-refractivity contribution in [1.29, 1.82) is 0 Å². The Morgan fingerprint density at radius 1 is 0.944 bits per heavy atom. The number of benzene rings is 2. The molecular weight excluding hydrogens is 229 g/mol. The van der Waals surface area contributed by atoms with Crippen LogP contribution in [0.2, 0.25) is 0 Å². The minimum atomic E-state index is -0.342. The minimum Gasteiger partial charge on any atom is -0.383 e. The molecule has 3 aromatic rings. The van der Waals surface area contributed by atoms with Crippen molar-refractivity contribution in [3.8, 4) is 11.4 Å². The Bertz CT molecular complexity index is 711. The van der Waals surface area contributed by atoms with E-state index >= 15 is 0 Å². The average molecular weight is 239 g/mol. The molecular formula is C14H10FN3. The second-order valence-corrected chi connectivity index (χ2v) is 3.96. The van der Waals surface area contributed by atoms with Crippen molar-refractivity contribution < 1.29 is 4.39 Å². The molecule has 0 spiro atoms. The first-order chi connectivity index (χ1) is 8.74. The summed E-state index contributed by atoms with van der Waals surface area (Å²) in [6.07, 6.45) is 0. The Labute approximate surface area is 103 Å². The van der Waals surface area contributed by atoms with Crippen molar-refractivity contribution in [2.75, 3.05) is 5.73 Å². The first-order valence-electron chi connectivity index (χ1n) is 5.52. The zero-order chi connectivity index (χ0) is 12.5. The molecule has 3 nitrogen and oxygen atoms in total. The van der Waals surface area contributed by atoms with E-state index in [1.54, 1.807) is 6.07 Å². The van der Waals surface area contributed by atoms with Gasteiger partial charge in [0.2, 0.25) is 0 Å².